The van der Waals surface area contributed by atoms with Crippen molar-refractivity contribution in [2.24, 2.45) is 0 Å². The molecule has 0 aliphatic rings. The fraction of sp³-hybridized carbons (Fsp3) is 0.350. The van der Waals surface area contributed by atoms with Gasteiger partial charge in [-0.15, -0.1) is 0 Å². The number of halogens is 1. The number of amides is 2. The first-order chi connectivity index (χ1) is 13.0. The van der Waals surface area contributed by atoms with Gasteiger partial charge in [-0.05, 0) is 43.2 Å². The molecule has 0 radical (unpaired) electrons. The number of anilines is 1. The van der Waals surface area contributed by atoms with Gasteiger partial charge in [0.1, 0.15) is 17.1 Å². The van der Waals surface area contributed by atoms with Crippen molar-refractivity contribution in [2.75, 3.05) is 25.5 Å². The summed E-state index contributed by atoms with van der Waals surface area (Å²) in [6.07, 6.45) is 1.73. The van der Waals surface area contributed by atoms with Crippen LogP contribution in [0.25, 0.3) is 0 Å². The summed E-state index contributed by atoms with van der Waals surface area (Å²) in [6, 6.07) is 9.80. The molecule has 0 unspecified atom stereocenters. The van der Waals surface area contributed by atoms with Gasteiger partial charge < -0.3 is 15.0 Å². The lowest BCUT2D eigenvalue weighted by atomic mass is 10.2. The van der Waals surface area contributed by atoms with Crippen LogP contribution in [0.2, 0.25) is 5.02 Å². The van der Waals surface area contributed by atoms with E-state index in [1.54, 1.807) is 41.3 Å². The van der Waals surface area contributed by atoms with Crippen molar-refractivity contribution >= 4 is 29.1 Å². The molecule has 0 aliphatic heterocycles. The third-order valence-corrected chi connectivity index (χ3v) is 4.18. The molecule has 0 spiro atoms. The van der Waals surface area contributed by atoms with E-state index in [0.29, 0.717) is 29.5 Å². The zero-order valence-electron chi connectivity index (χ0n) is 15.8. The molecule has 144 valence electrons. The fourth-order valence-corrected chi connectivity index (χ4v) is 2.89. The maximum atomic E-state index is 12.7. The first-order valence-corrected chi connectivity index (χ1v) is 9.29. The number of hydrogen-bond donors (Lipinski definition) is 1. The molecule has 1 heterocycles. The smallest absolute Gasteiger partial charge is 0.274 e. The third-order valence-electron chi connectivity index (χ3n) is 3.88. The molecule has 1 N–H and O–H groups in total. The molecule has 0 saturated heterocycles. The molecule has 1 aromatic heterocycles. The van der Waals surface area contributed by atoms with Crippen LogP contribution in [-0.2, 0) is 0 Å². The highest BCUT2D eigenvalue weighted by molar-refractivity contribution is 6.32. The number of hydrogen-bond acceptors (Lipinski definition) is 4. The van der Waals surface area contributed by atoms with Gasteiger partial charge in [-0.1, -0.05) is 31.5 Å². The number of aromatic nitrogens is 1. The van der Waals surface area contributed by atoms with E-state index >= 15 is 0 Å². The van der Waals surface area contributed by atoms with Crippen LogP contribution in [-0.4, -0.2) is 41.9 Å². The van der Waals surface area contributed by atoms with Crippen LogP contribution in [0.5, 0.6) is 5.75 Å². The number of carbonyl (C=O) groups excluding carboxylic acids is 2. The van der Waals surface area contributed by atoms with Crippen LogP contribution in [0.3, 0.4) is 0 Å². The monoisotopic (exact) mass is 389 g/mol. The van der Waals surface area contributed by atoms with Gasteiger partial charge in [-0.2, -0.15) is 0 Å². The Balaban J connectivity index is 2.17. The minimum Gasteiger partial charge on any atom is -0.495 e. The summed E-state index contributed by atoms with van der Waals surface area (Å²) in [5.41, 5.74) is 0.945. The Morgan fingerprint density at radius 3 is 2.37 bits per heavy atom. The molecule has 0 saturated carbocycles. The Bertz CT molecular complexity index is 805. The average Bonchev–Trinajstić information content (AvgIpc) is 2.67. The first kappa shape index (κ1) is 20.7. The van der Waals surface area contributed by atoms with Crippen LogP contribution < -0.4 is 10.1 Å². The van der Waals surface area contributed by atoms with E-state index < -0.39 is 5.91 Å². The van der Waals surface area contributed by atoms with Crippen LogP contribution in [0.4, 0.5) is 5.69 Å². The van der Waals surface area contributed by atoms with Crippen LogP contribution >= 0.6 is 11.6 Å². The number of ether oxygens (including phenoxy) is 1. The van der Waals surface area contributed by atoms with E-state index in [4.69, 9.17) is 16.3 Å². The summed E-state index contributed by atoms with van der Waals surface area (Å²) in [5, 5.41) is 3.12. The Hall–Kier alpha value is -2.60. The number of carbonyl (C=O) groups is 2. The number of methoxy groups -OCH3 is 1. The highest BCUT2D eigenvalue weighted by Gasteiger charge is 2.18. The Morgan fingerprint density at radius 2 is 1.78 bits per heavy atom. The molecule has 2 aromatic rings. The largest absolute Gasteiger partial charge is 0.495 e. The summed E-state index contributed by atoms with van der Waals surface area (Å²) in [5.74, 6) is -0.0587. The zero-order chi connectivity index (χ0) is 19.8. The SMILES string of the molecule is CCCN(CCC)C(=O)c1cccc(C(=O)Nc2ccc(OC)c(Cl)c2)n1. The zero-order valence-corrected chi connectivity index (χ0v) is 16.5. The van der Waals surface area contributed by atoms with Crippen molar-refractivity contribution in [1.29, 1.82) is 0 Å². The Morgan fingerprint density at radius 1 is 1.11 bits per heavy atom. The first-order valence-electron chi connectivity index (χ1n) is 8.91. The van der Waals surface area contributed by atoms with E-state index in [1.165, 1.54) is 7.11 Å². The van der Waals surface area contributed by atoms with Crippen molar-refractivity contribution < 1.29 is 14.3 Å². The highest BCUT2D eigenvalue weighted by Crippen LogP contribution is 2.27. The highest BCUT2D eigenvalue weighted by atomic mass is 35.5. The van der Waals surface area contributed by atoms with Gasteiger partial charge in [0, 0.05) is 18.8 Å². The summed E-state index contributed by atoms with van der Waals surface area (Å²) >= 11 is 6.08. The average molecular weight is 390 g/mol. The number of pyridine rings is 1. The van der Waals surface area contributed by atoms with Gasteiger partial charge in [0.15, 0.2) is 0 Å². The molecule has 2 rings (SSSR count). The van der Waals surface area contributed by atoms with Gasteiger partial charge in [0.05, 0.1) is 12.1 Å². The second-order valence-electron chi connectivity index (χ2n) is 6.00. The molecular formula is C20H24ClN3O3. The van der Waals surface area contributed by atoms with Gasteiger partial charge in [-0.3, -0.25) is 9.59 Å². The third kappa shape index (κ3) is 5.44. The molecule has 0 aliphatic carbocycles. The maximum absolute atomic E-state index is 12.7. The van der Waals surface area contributed by atoms with Crippen molar-refractivity contribution in [3.8, 4) is 5.75 Å². The van der Waals surface area contributed by atoms with Crippen LogP contribution in [0.1, 0.15) is 47.7 Å². The summed E-state index contributed by atoms with van der Waals surface area (Å²) in [7, 11) is 1.52. The standard InChI is InChI=1S/C20H24ClN3O3/c1-4-11-24(12-5-2)20(26)17-8-6-7-16(23-17)19(25)22-14-9-10-18(27-3)15(21)13-14/h6-10,13H,4-5,11-12H2,1-3H3,(H,22,25). The molecule has 0 atom stereocenters. The minimum absolute atomic E-state index is 0.166. The second kappa shape index (κ2) is 9.92. The Labute approximate surface area is 164 Å². The summed E-state index contributed by atoms with van der Waals surface area (Å²) in [6.45, 7) is 5.37. The van der Waals surface area contributed by atoms with E-state index in [0.717, 1.165) is 12.8 Å². The van der Waals surface area contributed by atoms with Crippen molar-refractivity contribution in [3.05, 3.63) is 52.8 Å². The summed E-state index contributed by atoms with van der Waals surface area (Å²) < 4.78 is 5.09. The van der Waals surface area contributed by atoms with E-state index in [-0.39, 0.29) is 17.3 Å². The van der Waals surface area contributed by atoms with Crippen molar-refractivity contribution in [3.63, 3.8) is 0 Å². The van der Waals surface area contributed by atoms with E-state index in [1.807, 2.05) is 13.8 Å². The van der Waals surface area contributed by atoms with Gasteiger partial charge >= 0.3 is 0 Å². The molecule has 7 heteroatoms. The fourth-order valence-electron chi connectivity index (χ4n) is 2.64. The quantitative estimate of drug-likeness (QED) is 0.732. The number of nitrogens with one attached hydrogen (secondary N) is 1. The Kier molecular flexibility index (Phi) is 7.61. The predicted octanol–water partition coefficient (Wildman–Crippen LogP) is 4.26. The minimum atomic E-state index is -0.414. The number of benzene rings is 1. The molecule has 27 heavy (non-hydrogen) atoms. The lowest BCUT2D eigenvalue weighted by Gasteiger charge is -2.21. The molecule has 1 aromatic carbocycles. The molecule has 2 amide bonds. The van der Waals surface area contributed by atoms with E-state index in [9.17, 15) is 9.59 Å². The van der Waals surface area contributed by atoms with E-state index in [2.05, 4.69) is 10.3 Å². The lowest BCUT2D eigenvalue weighted by molar-refractivity contribution is 0.0749. The van der Waals surface area contributed by atoms with Gasteiger partial charge in [0.25, 0.3) is 11.8 Å². The molecule has 0 fully saturated rings. The van der Waals surface area contributed by atoms with Crippen molar-refractivity contribution in [1.82, 2.24) is 9.88 Å². The van der Waals surface area contributed by atoms with Crippen LogP contribution in [0.15, 0.2) is 36.4 Å². The van der Waals surface area contributed by atoms with Gasteiger partial charge in [-0.25, -0.2) is 4.98 Å². The van der Waals surface area contributed by atoms with Gasteiger partial charge in [0.2, 0.25) is 0 Å². The van der Waals surface area contributed by atoms with Crippen LogP contribution in [0, 0.1) is 0 Å². The second-order valence-corrected chi connectivity index (χ2v) is 6.41. The number of rotatable bonds is 8. The lowest BCUT2D eigenvalue weighted by Crippen LogP contribution is -2.33. The normalized spacial score (nSPS) is 10.4. The predicted molar refractivity (Wildman–Crippen MR) is 107 cm³/mol. The molecule has 6 nitrogen and oxygen atoms in total. The topological polar surface area (TPSA) is 71.5 Å². The number of nitrogens with zero attached hydrogens (tertiary/aromatic N) is 2. The maximum Gasteiger partial charge on any atom is 0.274 e. The molecule has 0 bridgehead atoms. The van der Waals surface area contributed by atoms with Crippen molar-refractivity contribution in [2.45, 2.75) is 26.7 Å². The summed E-state index contributed by atoms with van der Waals surface area (Å²) in [4.78, 5) is 31.2. The molecular weight excluding hydrogens is 366 g/mol.